The summed E-state index contributed by atoms with van der Waals surface area (Å²) in [5.41, 5.74) is 1.35. The Hall–Kier alpha value is -2.27. The maximum Gasteiger partial charge on any atom is 0.240 e. The molecule has 26 heavy (non-hydrogen) atoms. The fourth-order valence-electron chi connectivity index (χ4n) is 2.73. The summed E-state index contributed by atoms with van der Waals surface area (Å²) < 4.78 is 40.9. The smallest absolute Gasteiger partial charge is 0.240 e. The van der Waals surface area contributed by atoms with Gasteiger partial charge in [-0.15, -0.1) is 0 Å². The quantitative estimate of drug-likeness (QED) is 0.740. The van der Waals surface area contributed by atoms with Crippen LogP contribution in [0.3, 0.4) is 0 Å². The first-order valence-corrected chi connectivity index (χ1v) is 9.83. The molecule has 0 heterocycles. The van der Waals surface area contributed by atoms with E-state index in [0.717, 1.165) is 12.5 Å². The standard InChI is InChI=1S/C19H21FN2O3S/c1-2-3-17(10-11-23)22-26(24,25)18-7-4-14(5-8-18)19-9-6-16(20)12-15(19)13-21/h4-9,12,17,22-23H,2-3,10-11H2,1H3/t17-/m1/s1. The second-order valence-corrected chi connectivity index (χ2v) is 7.66. The third-order valence-corrected chi connectivity index (χ3v) is 5.55. The molecule has 2 rings (SSSR count). The van der Waals surface area contributed by atoms with Gasteiger partial charge in [-0.1, -0.05) is 31.5 Å². The fraction of sp³-hybridized carbons (Fsp3) is 0.316. The van der Waals surface area contributed by atoms with Crippen LogP contribution < -0.4 is 4.72 Å². The van der Waals surface area contributed by atoms with Gasteiger partial charge >= 0.3 is 0 Å². The summed E-state index contributed by atoms with van der Waals surface area (Å²) in [5.74, 6) is -0.500. The summed E-state index contributed by atoms with van der Waals surface area (Å²) in [6, 6.07) is 11.6. The number of rotatable bonds is 8. The van der Waals surface area contributed by atoms with E-state index < -0.39 is 15.8 Å². The van der Waals surface area contributed by atoms with Crippen LogP contribution in [-0.2, 0) is 10.0 Å². The number of sulfonamides is 1. The monoisotopic (exact) mass is 376 g/mol. The molecule has 7 heteroatoms. The number of nitrogens with one attached hydrogen (secondary N) is 1. The number of aliphatic hydroxyl groups excluding tert-OH is 1. The van der Waals surface area contributed by atoms with Crippen LogP contribution in [0.4, 0.5) is 4.39 Å². The molecular formula is C19H21FN2O3S. The second-order valence-electron chi connectivity index (χ2n) is 5.95. The van der Waals surface area contributed by atoms with Crippen molar-refractivity contribution in [3.63, 3.8) is 0 Å². The highest BCUT2D eigenvalue weighted by atomic mass is 32.2. The van der Waals surface area contributed by atoms with E-state index in [9.17, 15) is 12.8 Å². The van der Waals surface area contributed by atoms with E-state index in [1.54, 1.807) is 12.1 Å². The lowest BCUT2D eigenvalue weighted by atomic mass is 10.0. The van der Waals surface area contributed by atoms with Gasteiger partial charge in [-0.3, -0.25) is 0 Å². The normalized spacial score (nSPS) is 12.5. The molecule has 0 bridgehead atoms. The first kappa shape index (κ1) is 20.0. The molecule has 0 saturated heterocycles. The van der Waals surface area contributed by atoms with Crippen LogP contribution in [0.15, 0.2) is 47.4 Å². The van der Waals surface area contributed by atoms with Gasteiger partial charge in [0, 0.05) is 12.6 Å². The molecule has 1 atom stereocenters. The molecule has 0 aliphatic heterocycles. The average molecular weight is 376 g/mol. The van der Waals surface area contributed by atoms with E-state index >= 15 is 0 Å². The molecule has 0 spiro atoms. The van der Waals surface area contributed by atoms with Crippen LogP contribution in [-0.4, -0.2) is 26.2 Å². The number of halogens is 1. The lowest BCUT2D eigenvalue weighted by Gasteiger charge is -2.17. The van der Waals surface area contributed by atoms with Crippen molar-refractivity contribution in [2.75, 3.05) is 6.61 Å². The number of hydrogen-bond donors (Lipinski definition) is 2. The predicted octanol–water partition coefficient (Wildman–Crippen LogP) is 3.19. The predicted molar refractivity (Wildman–Crippen MR) is 97.3 cm³/mol. The van der Waals surface area contributed by atoms with Gasteiger partial charge < -0.3 is 5.11 Å². The van der Waals surface area contributed by atoms with Crippen molar-refractivity contribution >= 4 is 10.0 Å². The Morgan fingerprint density at radius 3 is 2.46 bits per heavy atom. The van der Waals surface area contributed by atoms with Gasteiger partial charge in [0.05, 0.1) is 16.5 Å². The highest BCUT2D eigenvalue weighted by Crippen LogP contribution is 2.25. The molecule has 0 aliphatic carbocycles. The zero-order valence-electron chi connectivity index (χ0n) is 14.4. The van der Waals surface area contributed by atoms with Gasteiger partial charge in [-0.2, -0.15) is 5.26 Å². The Morgan fingerprint density at radius 2 is 1.88 bits per heavy atom. The van der Waals surface area contributed by atoms with Crippen LogP contribution in [0.2, 0.25) is 0 Å². The summed E-state index contributed by atoms with van der Waals surface area (Å²) in [4.78, 5) is 0.0981. The Morgan fingerprint density at radius 1 is 1.19 bits per heavy atom. The molecule has 0 aromatic heterocycles. The number of hydrogen-bond acceptors (Lipinski definition) is 4. The van der Waals surface area contributed by atoms with E-state index in [2.05, 4.69) is 4.72 Å². The van der Waals surface area contributed by atoms with E-state index in [4.69, 9.17) is 10.4 Å². The number of nitriles is 1. The van der Waals surface area contributed by atoms with Gasteiger partial charge in [0.2, 0.25) is 10.0 Å². The van der Waals surface area contributed by atoms with Crippen LogP contribution in [0.25, 0.3) is 11.1 Å². The largest absolute Gasteiger partial charge is 0.396 e. The van der Waals surface area contributed by atoms with Gasteiger partial charge in [0.15, 0.2) is 0 Å². The van der Waals surface area contributed by atoms with Crippen LogP contribution >= 0.6 is 0 Å². The minimum Gasteiger partial charge on any atom is -0.396 e. The topological polar surface area (TPSA) is 90.2 Å². The van der Waals surface area contributed by atoms with Crippen molar-refractivity contribution in [2.24, 2.45) is 0 Å². The van der Waals surface area contributed by atoms with Crippen molar-refractivity contribution in [2.45, 2.75) is 37.1 Å². The van der Waals surface area contributed by atoms with Crippen molar-refractivity contribution in [1.29, 1.82) is 5.26 Å². The van der Waals surface area contributed by atoms with Gasteiger partial charge in [0.25, 0.3) is 0 Å². The van der Waals surface area contributed by atoms with Gasteiger partial charge in [-0.25, -0.2) is 17.5 Å². The van der Waals surface area contributed by atoms with Crippen LogP contribution in [0, 0.1) is 17.1 Å². The van der Waals surface area contributed by atoms with E-state index in [1.807, 2.05) is 13.0 Å². The molecule has 0 fully saturated rings. The van der Waals surface area contributed by atoms with E-state index in [1.165, 1.54) is 24.3 Å². The Bertz CT molecular complexity index is 884. The molecule has 0 saturated carbocycles. The zero-order valence-corrected chi connectivity index (χ0v) is 15.3. The molecule has 2 aromatic rings. The minimum absolute atomic E-state index is 0.0897. The highest BCUT2D eigenvalue weighted by Gasteiger charge is 2.19. The first-order valence-electron chi connectivity index (χ1n) is 8.34. The molecule has 0 aliphatic rings. The summed E-state index contributed by atoms with van der Waals surface area (Å²) in [6.45, 7) is 1.86. The fourth-order valence-corrected chi connectivity index (χ4v) is 4.03. The molecular weight excluding hydrogens is 355 g/mol. The molecule has 0 unspecified atom stereocenters. The maximum atomic E-state index is 13.3. The number of aliphatic hydroxyl groups is 1. The Balaban J connectivity index is 2.27. The molecule has 138 valence electrons. The van der Waals surface area contributed by atoms with E-state index in [0.29, 0.717) is 24.0 Å². The van der Waals surface area contributed by atoms with Crippen molar-refractivity contribution < 1.29 is 17.9 Å². The van der Waals surface area contributed by atoms with Crippen LogP contribution in [0.1, 0.15) is 31.7 Å². The van der Waals surface area contributed by atoms with Gasteiger partial charge in [-0.05, 0) is 48.2 Å². The third-order valence-electron chi connectivity index (χ3n) is 4.01. The summed E-state index contributed by atoms with van der Waals surface area (Å²) in [7, 11) is -3.71. The van der Waals surface area contributed by atoms with Crippen LogP contribution in [0.5, 0.6) is 0 Å². The van der Waals surface area contributed by atoms with Crippen molar-refractivity contribution in [3.8, 4) is 17.2 Å². The maximum absolute atomic E-state index is 13.3. The summed E-state index contributed by atoms with van der Waals surface area (Å²) in [5, 5.41) is 18.2. The molecule has 0 amide bonds. The number of nitrogens with zero attached hydrogens (tertiary/aromatic N) is 1. The van der Waals surface area contributed by atoms with E-state index in [-0.39, 0.29) is 23.1 Å². The zero-order chi connectivity index (χ0) is 19.2. The second kappa shape index (κ2) is 8.90. The summed E-state index contributed by atoms with van der Waals surface area (Å²) >= 11 is 0. The lowest BCUT2D eigenvalue weighted by Crippen LogP contribution is -2.35. The highest BCUT2D eigenvalue weighted by molar-refractivity contribution is 7.89. The molecule has 0 radical (unpaired) electrons. The average Bonchev–Trinajstić information content (AvgIpc) is 2.62. The SMILES string of the molecule is CCC[C@H](CCO)NS(=O)(=O)c1ccc(-c2ccc(F)cc2C#N)cc1. The third kappa shape index (κ3) is 4.88. The Labute approximate surface area is 153 Å². The van der Waals surface area contributed by atoms with Crippen molar-refractivity contribution in [1.82, 2.24) is 4.72 Å². The van der Waals surface area contributed by atoms with Gasteiger partial charge in [0.1, 0.15) is 5.82 Å². The van der Waals surface area contributed by atoms with Crippen molar-refractivity contribution in [3.05, 3.63) is 53.8 Å². The minimum atomic E-state index is -3.71. The number of benzene rings is 2. The Kier molecular flexibility index (Phi) is 6.86. The lowest BCUT2D eigenvalue weighted by molar-refractivity contribution is 0.268. The molecule has 5 nitrogen and oxygen atoms in total. The summed E-state index contributed by atoms with van der Waals surface area (Å²) in [6.07, 6.45) is 1.79. The molecule has 2 aromatic carbocycles. The first-order chi connectivity index (χ1) is 12.4. The molecule has 2 N–H and O–H groups in total.